The van der Waals surface area contributed by atoms with E-state index in [1.165, 1.54) is 9.80 Å². The number of aliphatic hydroxyl groups excluding tert-OH is 1. The largest absolute Gasteiger partial charge is 0.480 e. The minimum absolute atomic E-state index is 0.142. The van der Waals surface area contributed by atoms with Crippen LogP contribution in [0.3, 0.4) is 0 Å². The Balaban J connectivity index is 2.60. The van der Waals surface area contributed by atoms with E-state index in [0.717, 1.165) is 0 Å². The number of hydrogen-bond donors (Lipinski definition) is 2. The maximum Gasteiger partial charge on any atom is 0.327 e. The second kappa shape index (κ2) is 4.36. The summed E-state index contributed by atoms with van der Waals surface area (Å²) < 4.78 is -0.967. The van der Waals surface area contributed by atoms with Gasteiger partial charge in [0.15, 0.2) is 0 Å². The summed E-state index contributed by atoms with van der Waals surface area (Å²) in [4.78, 5) is 38.7. The van der Waals surface area contributed by atoms with E-state index in [9.17, 15) is 24.6 Å². The molecule has 2 saturated heterocycles. The van der Waals surface area contributed by atoms with Crippen LogP contribution in [-0.4, -0.2) is 73.3 Å². The molecule has 2 fully saturated rings. The molecule has 2 amide bonds. The molecule has 20 heavy (non-hydrogen) atoms. The minimum Gasteiger partial charge on any atom is -0.480 e. The van der Waals surface area contributed by atoms with Gasteiger partial charge in [0, 0.05) is 18.8 Å². The van der Waals surface area contributed by atoms with Crippen molar-refractivity contribution in [3.8, 4) is 0 Å². The zero-order valence-corrected chi connectivity index (χ0v) is 12.8. The van der Waals surface area contributed by atoms with Crippen LogP contribution in [0.15, 0.2) is 0 Å². The van der Waals surface area contributed by atoms with E-state index >= 15 is 0 Å². The third kappa shape index (κ3) is 1.49. The first kappa shape index (κ1) is 15.1. The van der Waals surface area contributed by atoms with Gasteiger partial charge >= 0.3 is 5.97 Å². The summed E-state index contributed by atoms with van der Waals surface area (Å²) in [6.45, 7) is 3.34. The number of amides is 2. The van der Waals surface area contributed by atoms with Crippen LogP contribution in [-0.2, 0) is 9.59 Å². The van der Waals surface area contributed by atoms with Crippen molar-refractivity contribution in [3.05, 3.63) is 0 Å². The Hall–Kier alpha value is -1.28. The molecule has 0 aromatic heterocycles. The van der Waals surface area contributed by atoms with Crippen LogP contribution < -0.4 is 0 Å². The molecular weight excluding hydrogens is 284 g/mol. The van der Waals surface area contributed by atoms with Gasteiger partial charge in [0.1, 0.15) is 6.04 Å². The van der Waals surface area contributed by atoms with Gasteiger partial charge in [0.05, 0.1) is 17.7 Å². The number of β-lactam (4-membered cyclic amide) rings is 1. The lowest BCUT2D eigenvalue weighted by Gasteiger charge is -2.50. The Morgan fingerprint density at radius 3 is 2.30 bits per heavy atom. The number of nitrogens with zero attached hydrogens (tertiary/aromatic N) is 2. The number of aliphatic carboxylic acids is 1. The molecular formula is C12H20N2O5S. The fourth-order valence-electron chi connectivity index (χ4n) is 3.32. The molecule has 2 heterocycles. The lowest BCUT2D eigenvalue weighted by atomic mass is 9.98. The Labute approximate surface area is 118 Å². The van der Waals surface area contributed by atoms with Crippen LogP contribution in [0.4, 0.5) is 4.79 Å². The average Bonchev–Trinajstić information content (AvgIpc) is 2.50. The molecule has 2 aliphatic rings. The monoisotopic (exact) mass is 304 g/mol. The first-order valence-electron chi connectivity index (χ1n) is 6.28. The molecule has 7 nitrogen and oxygen atoms in total. The predicted molar refractivity (Wildman–Crippen MR) is 74.5 cm³/mol. The van der Waals surface area contributed by atoms with Gasteiger partial charge in [-0.15, -0.1) is 10.0 Å². The van der Waals surface area contributed by atoms with Crippen LogP contribution >= 0.6 is 10.0 Å². The minimum atomic E-state index is -2.36. The van der Waals surface area contributed by atoms with E-state index in [2.05, 4.69) is 0 Å². The van der Waals surface area contributed by atoms with Crippen LogP contribution in [0.25, 0.3) is 0 Å². The molecule has 0 aliphatic carbocycles. The number of fused-ring (bicyclic) bond motifs is 1. The van der Waals surface area contributed by atoms with Crippen molar-refractivity contribution in [2.45, 2.75) is 36.4 Å². The van der Waals surface area contributed by atoms with Gasteiger partial charge < -0.3 is 20.0 Å². The van der Waals surface area contributed by atoms with Crippen molar-refractivity contribution in [2.75, 3.05) is 20.0 Å². The molecule has 2 N–H and O–H groups in total. The van der Waals surface area contributed by atoms with Gasteiger partial charge in [-0.25, -0.2) is 4.79 Å². The first-order valence-corrected chi connectivity index (χ1v) is 8.15. The van der Waals surface area contributed by atoms with Crippen molar-refractivity contribution in [2.24, 2.45) is 0 Å². The molecule has 0 radical (unpaired) electrons. The maximum atomic E-state index is 12.7. The van der Waals surface area contributed by atoms with Crippen molar-refractivity contribution in [3.63, 3.8) is 0 Å². The molecule has 0 aromatic rings. The standard InChI is InChI=1S/C12H20N2O5S/c1-12(2)9(10(17)18)14-7(16)5-8(14)20(12,6-15)11(19)13(3)4/h8-9,15H,5-6H2,1-4H3,(H,17,18)/t8-,9+/m1/s1. The second-order valence-corrected chi connectivity index (χ2v) is 9.68. The third-order valence-electron chi connectivity index (χ3n) is 4.40. The molecule has 0 unspecified atom stereocenters. The topological polar surface area (TPSA) is 98.2 Å². The summed E-state index contributed by atoms with van der Waals surface area (Å²) in [6.07, 6.45) is 0.142. The highest BCUT2D eigenvalue weighted by Gasteiger charge is 2.71. The lowest BCUT2D eigenvalue weighted by molar-refractivity contribution is -0.157. The molecule has 3 atom stereocenters. The van der Waals surface area contributed by atoms with E-state index in [0.29, 0.717) is 0 Å². The molecule has 0 spiro atoms. The highest BCUT2D eigenvalue weighted by molar-refractivity contribution is 8.46. The maximum absolute atomic E-state index is 12.7. The van der Waals surface area contributed by atoms with E-state index < -0.39 is 38.1 Å². The van der Waals surface area contributed by atoms with Crippen molar-refractivity contribution in [1.82, 2.24) is 9.80 Å². The fraction of sp³-hybridized carbons (Fsp3) is 0.750. The Morgan fingerprint density at radius 2 is 2.00 bits per heavy atom. The number of hydrogen-bond acceptors (Lipinski definition) is 4. The smallest absolute Gasteiger partial charge is 0.327 e. The Morgan fingerprint density at radius 1 is 1.45 bits per heavy atom. The van der Waals surface area contributed by atoms with E-state index in [1.807, 2.05) is 0 Å². The van der Waals surface area contributed by atoms with Crippen molar-refractivity contribution in [1.29, 1.82) is 0 Å². The second-order valence-electron chi connectivity index (χ2n) is 5.89. The summed E-state index contributed by atoms with van der Waals surface area (Å²) in [6, 6.07) is -1.06. The number of carbonyl (C=O) groups excluding carboxylic acids is 2. The van der Waals surface area contributed by atoms with E-state index in [1.54, 1.807) is 27.9 Å². The molecule has 0 saturated carbocycles. The van der Waals surface area contributed by atoms with Crippen LogP contribution in [0.2, 0.25) is 0 Å². The Kier molecular flexibility index (Phi) is 3.29. The van der Waals surface area contributed by atoms with Crippen LogP contribution in [0.5, 0.6) is 0 Å². The first-order chi connectivity index (χ1) is 9.12. The van der Waals surface area contributed by atoms with E-state index in [4.69, 9.17) is 0 Å². The SMILES string of the molecule is CN(C)C(=O)[S@]1(CO)[C@@H]2CC(=O)N2[C@@H](C(=O)O)C1(C)C. The fourth-order valence-corrected chi connectivity index (χ4v) is 7.64. The van der Waals surface area contributed by atoms with Crippen molar-refractivity contribution < 1.29 is 24.6 Å². The number of rotatable bonds is 2. The van der Waals surface area contributed by atoms with Gasteiger partial charge in [0.2, 0.25) is 5.91 Å². The number of aliphatic hydroxyl groups is 1. The summed E-state index contributed by atoms with van der Waals surface area (Å²) >= 11 is 0. The zero-order chi connectivity index (χ0) is 15.5. The lowest BCUT2D eigenvalue weighted by Crippen LogP contribution is -2.57. The summed E-state index contributed by atoms with van der Waals surface area (Å²) in [5, 5.41) is 18.7. The third-order valence-corrected chi connectivity index (χ3v) is 9.22. The van der Waals surface area contributed by atoms with Crippen LogP contribution in [0, 0.1) is 0 Å². The van der Waals surface area contributed by atoms with Gasteiger partial charge in [-0.1, -0.05) is 0 Å². The van der Waals surface area contributed by atoms with Gasteiger partial charge in [-0.2, -0.15) is 0 Å². The molecule has 114 valence electrons. The van der Waals surface area contributed by atoms with Crippen LogP contribution in [0.1, 0.15) is 20.3 Å². The quantitative estimate of drug-likeness (QED) is 0.711. The predicted octanol–water partition coefficient (Wildman–Crippen LogP) is 0.226. The summed E-state index contributed by atoms with van der Waals surface area (Å²) in [5.41, 5.74) is 0. The normalized spacial score (nSPS) is 34.5. The highest BCUT2D eigenvalue weighted by atomic mass is 32.3. The van der Waals surface area contributed by atoms with Crippen molar-refractivity contribution >= 4 is 27.1 Å². The van der Waals surface area contributed by atoms with Gasteiger partial charge in [-0.3, -0.25) is 9.59 Å². The summed E-state index contributed by atoms with van der Waals surface area (Å²) in [5.74, 6) is -1.78. The summed E-state index contributed by atoms with van der Waals surface area (Å²) in [7, 11) is 0.813. The molecule has 2 rings (SSSR count). The van der Waals surface area contributed by atoms with Gasteiger partial charge in [0.25, 0.3) is 5.24 Å². The molecule has 0 bridgehead atoms. The van der Waals surface area contributed by atoms with Gasteiger partial charge in [-0.05, 0) is 13.8 Å². The molecule has 0 aromatic carbocycles. The number of carbonyl (C=O) groups is 3. The average molecular weight is 304 g/mol. The zero-order valence-electron chi connectivity index (χ0n) is 12.0. The van der Waals surface area contributed by atoms with E-state index in [-0.39, 0.29) is 17.6 Å². The number of carboxylic acid groups (broad SMARTS) is 1. The number of carboxylic acids is 1. The molecule has 8 heteroatoms. The molecule has 2 aliphatic heterocycles. The highest BCUT2D eigenvalue weighted by Crippen LogP contribution is 2.73. The Bertz CT molecular complexity index is 492.